The van der Waals surface area contributed by atoms with Gasteiger partial charge in [0.2, 0.25) is 0 Å². The Kier molecular flexibility index (Phi) is 4.97. The topological polar surface area (TPSA) is 27.0 Å². The standard InChI is InChI=1S/C12H22N2/c1-3-12(4-2)14-9-6-11(5-8-13)7-10-14/h11-12H,3-7,9-10H2,1-2H3. The molecule has 0 aromatic carbocycles. The molecule has 0 N–H and O–H groups in total. The molecule has 0 aliphatic carbocycles. The molecule has 0 amide bonds. The van der Waals surface area contributed by atoms with Gasteiger partial charge in [-0.05, 0) is 44.7 Å². The lowest BCUT2D eigenvalue weighted by atomic mass is 9.92. The summed E-state index contributed by atoms with van der Waals surface area (Å²) in [6.45, 7) is 6.96. The van der Waals surface area contributed by atoms with Crippen LogP contribution in [0.5, 0.6) is 0 Å². The van der Waals surface area contributed by atoms with E-state index in [-0.39, 0.29) is 0 Å². The highest BCUT2D eigenvalue weighted by Gasteiger charge is 2.22. The van der Waals surface area contributed by atoms with Crippen LogP contribution in [0.15, 0.2) is 0 Å². The van der Waals surface area contributed by atoms with Gasteiger partial charge in [-0.2, -0.15) is 5.26 Å². The number of nitriles is 1. The van der Waals surface area contributed by atoms with Crippen molar-refractivity contribution in [3.63, 3.8) is 0 Å². The zero-order valence-electron chi connectivity index (χ0n) is 9.50. The highest BCUT2D eigenvalue weighted by molar-refractivity contribution is 4.82. The second-order valence-corrected chi connectivity index (χ2v) is 4.31. The van der Waals surface area contributed by atoms with Gasteiger partial charge in [0.25, 0.3) is 0 Å². The lowest BCUT2D eigenvalue weighted by molar-refractivity contribution is 0.127. The monoisotopic (exact) mass is 194 g/mol. The van der Waals surface area contributed by atoms with Crippen LogP contribution in [0.3, 0.4) is 0 Å². The Bertz CT molecular complexity index is 183. The van der Waals surface area contributed by atoms with E-state index in [0.717, 1.165) is 12.5 Å². The molecule has 2 heteroatoms. The molecule has 0 unspecified atom stereocenters. The number of hydrogen-bond donors (Lipinski definition) is 0. The molecule has 0 spiro atoms. The van der Waals surface area contributed by atoms with Crippen LogP contribution in [0.2, 0.25) is 0 Å². The van der Waals surface area contributed by atoms with Crippen molar-refractivity contribution in [3.8, 4) is 6.07 Å². The Morgan fingerprint density at radius 3 is 2.29 bits per heavy atom. The summed E-state index contributed by atoms with van der Waals surface area (Å²) in [6, 6.07) is 3.07. The second kappa shape index (κ2) is 6.03. The summed E-state index contributed by atoms with van der Waals surface area (Å²) in [4.78, 5) is 2.61. The van der Waals surface area contributed by atoms with Gasteiger partial charge >= 0.3 is 0 Å². The Morgan fingerprint density at radius 1 is 1.29 bits per heavy atom. The average molecular weight is 194 g/mol. The van der Waals surface area contributed by atoms with Crippen molar-refractivity contribution in [2.24, 2.45) is 5.92 Å². The van der Waals surface area contributed by atoms with E-state index in [1.807, 2.05) is 0 Å². The molecule has 2 nitrogen and oxygen atoms in total. The normalized spacial score (nSPS) is 19.9. The van der Waals surface area contributed by atoms with Crippen molar-refractivity contribution in [2.45, 2.75) is 52.0 Å². The summed E-state index contributed by atoms with van der Waals surface area (Å²) < 4.78 is 0. The van der Waals surface area contributed by atoms with Gasteiger partial charge in [0.15, 0.2) is 0 Å². The van der Waals surface area contributed by atoms with Crippen LogP contribution < -0.4 is 0 Å². The molecular weight excluding hydrogens is 172 g/mol. The van der Waals surface area contributed by atoms with Crippen LogP contribution in [0, 0.1) is 17.2 Å². The third kappa shape index (κ3) is 2.99. The summed E-state index contributed by atoms with van der Waals surface area (Å²) in [5.74, 6) is 0.672. The van der Waals surface area contributed by atoms with Gasteiger partial charge in [-0.25, -0.2) is 0 Å². The first-order valence-corrected chi connectivity index (χ1v) is 5.92. The van der Waals surface area contributed by atoms with Crippen LogP contribution >= 0.6 is 0 Å². The van der Waals surface area contributed by atoms with Gasteiger partial charge in [0.05, 0.1) is 6.07 Å². The lowest BCUT2D eigenvalue weighted by Gasteiger charge is -2.36. The van der Waals surface area contributed by atoms with E-state index in [1.165, 1.54) is 38.8 Å². The zero-order chi connectivity index (χ0) is 10.4. The number of likely N-dealkylation sites (tertiary alicyclic amines) is 1. The van der Waals surface area contributed by atoms with Crippen molar-refractivity contribution in [1.29, 1.82) is 5.26 Å². The average Bonchev–Trinajstić information content (AvgIpc) is 2.23. The quantitative estimate of drug-likeness (QED) is 0.688. The molecule has 0 radical (unpaired) electrons. The van der Waals surface area contributed by atoms with Crippen molar-refractivity contribution >= 4 is 0 Å². The van der Waals surface area contributed by atoms with Crippen LogP contribution in [-0.2, 0) is 0 Å². The largest absolute Gasteiger partial charge is 0.300 e. The lowest BCUT2D eigenvalue weighted by Crippen LogP contribution is -2.40. The first kappa shape index (κ1) is 11.5. The van der Waals surface area contributed by atoms with Crippen LogP contribution in [0.1, 0.15) is 46.0 Å². The van der Waals surface area contributed by atoms with Crippen molar-refractivity contribution in [2.75, 3.05) is 13.1 Å². The first-order valence-electron chi connectivity index (χ1n) is 5.92. The SMILES string of the molecule is CCC(CC)N1CCC(CC#N)CC1. The molecule has 0 saturated carbocycles. The minimum atomic E-state index is 0.672. The number of nitrogens with zero attached hydrogens (tertiary/aromatic N) is 2. The van der Waals surface area contributed by atoms with Crippen LogP contribution in [-0.4, -0.2) is 24.0 Å². The predicted octanol–water partition coefficient (Wildman–Crippen LogP) is 2.80. The van der Waals surface area contributed by atoms with Crippen molar-refractivity contribution in [1.82, 2.24) is 4.90 Å². The second-order valence-electron chi connectivity index (χ2n) is 4.31. The fourth-order valence-electron chi connectivity index (χ4n) is 2.46. The van der Waals surface area contributed by atoms with Gasteiger partial charge in [0, 0.05) is 12.5 Å². The van der Waals surface area contributed by atoms with Gasteiger partial charge in [-0.15, -0.1) is 0 Å². The molecule has 80 valence electrons. The third-order valence-corrected chi connectivity index (χ3v) is 3.49. The molecule has 1 aliphatic heterocycles. The van der Waals surface area contributed by atoms with E-state index in [1.54, 1.807) is 0 Å². The summed E-state index contributed by atoms with van der Waals surface area (Å²) in [5, 5.41) is 8.62. The van der Waals surface area contributed by atoms with Crippen LogP contribution in [0.25, 0.3) is 0 Å². The predicted molar refractivity (Wildman–Crippen MR) is 58.9 cm³/mol. The molecule has 1 rings (SSSR count). The van der Waals surface area contributed by atoms with Crippen LogP contribution in [0.4, 0.5) is 0 Å². The van der Waals surface area contributed by atoms with Gasteiger partial charge in [0.1, 0.15) is 0 Å². The molecule has 0 aromatic rings. The molecule has 1 fully saturated rings. The van der Waals surface area contributed by atoms with Crippen molar-refractivity contribution < 1.29 is 0 Å². The zero-order valence-corrected chi connectivity index (χ0v) is 9.50. The number of hydrogen-bond acceptors (Lipinski definition) is 2. The molecule has 14 heavy (non-hydrogen) atoms. The third-order valence-electron chi connectivity index (χ3n) is 3.49. The van der Waals surface area contributed by atoms with Gasteiger partial charge in [-0.1, -0.05) is 13.8 Å². The maximum absolute atomic E-state index is 8.62. The molecule has 1 saturated heterocycles. The fraction of sp³-hybridized carbons (Fsp3) is 0.917. The molecule has 0 aromatic heterocycles. The maximum atomic E-state index is 8.62. The maximum Gasteiger partial charge on any atom is 0.0624 e. The summed E-state index contributed by atoms with van der Waals surface area (Å²) in [6.07, 6.45) is 5.74. The fourth-order valence-corrected chi connectivity index (χ4v) is 2.46. The highest BCUT2D eigenvalue weighted by atomic mass is 15.2. The Hall–Kier alpha value is -0.550. The van der Waals surface area contributed by atoms with E-state index >= 15 is 0 Å². The molecule has 1 heterocycles. The smallest absolute Gasteiger partial charge is 0.0624 e. The molecule has 0 bridgehead atoms. The first-order chi connectivity index (χ1) is 6.81. The summed E-state index contributed by atoms with van der Waals surface area (Å²) >= 11 is 0. The molecule has 0 atom stereocenters. The van der Waals surface area contributed by atoms with E-state index in [4.69, 9.17) is 5.26 Å². The van der Waals surface area contributed by atoms with E-state index in [0.29, 0.717) is 5.92 Å². The number of piperidine rings is 1. The van der Waals surface area contributed by atoms with Gasteiger partial charge in [-0.3, -0.25) is 0 Å². The Balaban J connectivity index is 2.31. The minimum absolute atomic E-state index is 0.672. The van der Waals surface area contributed by atoms with E-state index in [2.05, 4.69) is 24.8 Å². The minimum Gasteiger partial charge on any atom is -0.300 e. The highest BCUT2D eigenvalue weighted by Crippen LogP contribution is 2.23. The van der Waals surface area contributed by atoms with Gasteiger partial charge < -0.3 is 4.90 Å². The Morgan fingerprint density at radius 2 is 1.86 bits per heavy atom. The summed E-state index contributed by atoms with van der Waals surface area (Å²) in [5.41, 5.74) is 0. The van der Waals surface area contributed by atoms with E-state index < -0.39 is 0 Å². The number of rotatable bonds is 4. The molecular formula is C12H22N2. The summed E-state index contributed by atoms with van der Waals surface area (Å²) in [7, 11) is 0. The van der Waals surface area contributed by atoms with Crippen molar-refractivity contribution in [3.05, 3.63) is 0 Å². The van der Waals surface area contributed by atoms with E-state index in [9.17, 15) is 0 Å². The Labute approximate surface area is 87.9 Å². The molecule has 1 aliphatic rings.